The van der Waals surface area contributed by atoms with Gasteiger partial charge in [-0.25, -0.2) is 0 Å². The fourth-order valence-corrected chi connectivity index (χ4v) is 3.35. The number of fused-ring (bicyclic) bond motifs is 1. The molecule has 0 radical (unpaired) electrons. The lowest BCUT2D eigenvalue weighted by atomic mass is 10.1. The van der Waals surface area contributed by atoms with Crippen molar-refractivity contribution in [3.63, 3.8) is 0 Å². The van der Waals surface area contributed by atoms with Crippen LogP contribution in [0.5, 0.6) is 11.5 Å². The van der Waals surface area contributed by atoms with Gasteiger partial charge < -0.3 is 19.4 Å². The molecule has 3 rings (SSSR count). The molecule has 0 saturated heterocycles. The third-order valence-corrected chi connectivity index (χ3v) is 4.72. The van der Waals surface area contributed by atoms with Crippen LogP contribution >= 0.6 is 0 Å². The molecule has 5 nitrogen and oxygen atoms in total. The van der Waals surface area contributed by atoms with Gasteiger partial charge in [0, 0.05) is 24.5 Å². The highest BCUT2D eigenvalue weighted by Crippen LogP contribution is 2.27. The molecule has 1 aromatic heterocycles. The van der Waals surface area contributed by atoms with Gasteiger partial charge in [0.05, 0.1) is 14.2 Å². The summed E-state index contributed by atoms with van der Waals surface area (Å²) in [5.74, 6) is 1.34. The molecule has 1 amide bonds. The Morgan fingerprint density at radius 2 is 1.81 bits per heavy atom. The minimum absolute atomic E-state index is 0.0540. The van der Waals surface area contributed by atoms with Crippen LogP contribution < -0.4 is 14.8 Å². The first-order chi connectivity index (χ1) is 12.6. The SMILES string of the molecule is COc1ccc(CCNC(=O)c2c(C)c3ccccc3n2C)cc1OC. The zero-order chi connectivity index (χ0) is 18.7. The molecule has 0 aliphatic carbocycles. The van der Waals surface area contributed by atoms with Crippen LogP contribution in [-0.4, -0.2) is 31.2 Å². The molecule has 26 heavy (non-hydrogen) atoms. The lowest BCUT2D eigenvalue weighted by Crippen LogP contribution is -2.28. The van der Waals surface area contributed by atoms with Crippen molar-refractivity contribution in [3.8, 4) is 11.5 Å². The summed E-state index contributed by atoms with van der Waals surface area (Å²) in [6.07, 6.45) is 0.717. The molecule has 1 N–H and O–H groups in total. The molecular weight excluding hydrogens is 328 g/mol. The van der Waals surface area contributed by atoms with Gasteiger partial charge in [0.1, 0.15) is 5.69 Å². The second-order valence-corrected chi connectivity index (χ2v) is 6.25. The van der Waals surface area contributed by atoms with E-state index in [4.69, 9.17) is 9.47 Å². The van der Waals surface area contributed by atoms with Crippen molar-refractivity contribution in [1.82, 2.24) is 9.88 Å². The van der Waals surface area contributed by atoms with Gasteiger partial charge >= 0.3 is 0 Å². The summed E-state index contributed by atoms with van der Waals surface area (Å²) in [4.78, 5) is 12.7. The van der Waals surface area contributed by atoms with Crippen molar-refractivity contribution in [3.05, 3.63) is 59.3 Å². The number of nitrogens with zero attached hydrogens (tertiary/aromatic N) is 1. The van der Waals surface area contributed by atoms with Crippen molar-refractivity contribution in [2.75, 3.05) is 20.8 Å². The molecule has 0 aliphatic heterocycles. The van der Waals surface area contributed by atoms with Crippen molar-refractivity contribution in [1.29, 1.82) is 0 Å². The standard InChI is InChI=1S/C21H24N2O3/c1-14-16-7-5-6-8-17(16)23(2)20(14)21(24)22-12-11-15-9-10-18(25-3)19(13-15)26-4/h5-10,13H,11-12H2,1-4H3,(H,22,24). The van der Waals surface area contributed by atoms with Gasteiger partial charge in [0.2, 0.25) is 0 Å². The van der Waals surface area contributed by atoms with E-state index in [2.05, 4.69) is 5.32 Å². The number of nitrogens with one attached hydrogen (secondary N) is 1. The van der Waals surface area contributed by atoms with Crippen molar-refractivity contribution < 1.29 is 14.3 Å². The summed E-state index contributed by atoms with van der Waals surface area (Å²) in [5, 5.41) is 4.14. The largest absolute Gasteiger partial charge is 0.493 e. The fraction of sp³-hybridized carbons (Fsp3) is 0.286. The molecule has 0 aliphatic rings. The van der Waals surface area contributed by atoms with Gasteiger partial charge in [-0.1, -0.05) is 24.3 Å². The summed E-state index contributed by atoms with van der Waals surface area (Å²) in [6.45, 7) is 2.54. The van der Waals surface area contributed by atoms with Crippen LogP contribution in [0, 0.1) is 6.92 Å². The van der Waals surface area contributed by atoms with E-state index in [-0.39, 0.29) is 5.91 Å². The predicted octanol–water partition coefficient (Wildman–Crippen LogP) is 3.48. The summed E-state index contributed by atoms with van der Waals surface area (Å²) in [7, 11) is 5.16. The quantitative estimate of drug-likeness (QED) is 0.739. The maximum absolute atomic E-state index is 12.7. The molecule has 1 heterocycles. The van der Waals surface area contributed by atoms with E-state index in [0.717, 1.165) is 28.5 Å². The molecule has 0 saturated carbocycles. The molecule has 0 bridgehead atoms. The Morgan fingerprint density at radius 3 is 2.50 bits per heavy atom. The number of para-hydroxylation sites is 1. The number of methoxy groups -OCH3 is 2. The Labute approximate surface area is 153 Å². The molecule has 136 valence electrons. The molecule has 5 heteroatoms. The van der Waals surface area contributed by atoms with Gasteiger partial charge in [-0.05, 0) is 42.7 Å². The molecule has 2 aromatic carbocycles. The first-order valence-electron chi connectivity index (χ1n) is 8.60. The number of rotatable bonds is 6. The van der Waals surface area contributed by atoms with E-state index >= 15 is 0 Å². The molecule has 0 unspecified atom stereocenters. The van der Waals surface area contributed by atoms with E-state index in [9.17, 15) is 4.79 Å². The van der Waals surface area contributed by atoms with Crippen molar-refractivity contribution >= 4 is 16.8 Å². The van der Waals surface area contributed by atoms with Crippen LogP contribution in [0.15, 0.2) is 42.5 Å². The maximum Gasteiger partial charge on any atom is 0.268 e. The number of carbonyl (C=O) groups excluding carboxylic acids is 1. The minimum Gasteiger partial charge on any atom is -0.493 e. The second-order valence-electron chi connectivity index (χ2n) is 6.25. The number of carbonyl (C=O) groups is 1. The van der Waals surface area contributed by atoms with Gasteiger partial charge in [0.25, 0.3) is 5.91 Å². The van der Waals surface area contributed by atoms with E-state index in [1.54, 1.807) is 14.2 Å². The van der Waals surface area contributed by atoms with Gasteiger partial charge in [-0.2, -0.15) is 0 Å². The van der Waals surface area contributed by atoms with E-state index < -0.39 is 0 Å². The zero-order valence-corrected chi connectivity index (χ0v) is 15.6. The zero-order valence-electron chi connectivity index (χ0n) is 15.6. The predicted molar refractivity (Wildman–Crippen MR) is 103 cm³/mol. The van der Waals surface area contributed by atoms with Crippen LogP contribution in [0.2, 0.25) is 0 Å². The second kappa shape index (κ2) is 7.52. The molecule has 3 aromatic rings. The highest BCUT2D eigenvalue weighted by Gasteiger charge is 2.17. The Kier molecular flexibility index (Phi) is 5.16. The van der Waals surface area contributed by atoms with Crippen LogP contribution in [0.4, 0.5) is 0 Å². The van der Waals surface area contributed by atoms with Crippen LogP contribution in [0.25, 0.3) is 10.9 Å². The number of ether oxygens (including phenoxy) is 2. The maximum atomic E-state index is 12.7. The Hall–Kier alpha value is -2.95. The number of aromatic nitrogens is 1. The van der Waals surface area contributed by atoms with Crippen molar-refractivity contribution in [2.24, 2.45) is 7.05 Å². The molecular formula is C21H24N2O3. The highest BCUT2D eigenvalue weighted by atomic mass is 16.5. The number of amides is 1. The Morgan fingerprint density at radius 1 is 1.08 bits per heavy atom. The third kappa shape index (κ3) is 3.25. The van der Waals surface area contributed by atoms with Crippen LogP contribution in [0.3, 0.4) is 0 Å². The Bertz CT molecular complexity index is 905. The van der Waals surface area contributed by atoms with E-state index in [1.165, 1.54) is 0 Å². The molecule has 0 atom stereocenters. The van der Waals surface area contributed by atoms with Crippen molar-refractivity contribution in [2.45, 2.75) is 13.3 Å². The first-order valence-corrected chi connectivity index (χ1v) is 8.60. The summed E-state index contributed by atoms with van der Waals surface area (Å²) in [6, 6.07) is 13.9. The monoisotopic (exact) mass is 352 g/mol. The Balaban J connectivity index is 1.70. The van der Waals surface area contributed by atoms with Gasteiger partial charge in [-0.15, -0.1) is 0 Å². The van der Waals surface area contributed by atoms with E-state index in [1.807, 2.05) is 61.0 Å². The average molecular weight is 352 g/mol. The summed E-state index contributed by atoms with van der Waals surface area (Å²) < 4.78 is 12.5. The average Bonchev–Trinajstić information content (AvgIpc) is 2.92. The van der Waals surface area contributed by atoms with Gasteiger partial charge in [0.15, 0.2) is 11.5 Å². The third-order valence-electron chi connectivity index (χ3n) is 4.72. The van der Waals surface area contributed by atoms with Crippen LogP contribution in [0.1, 0.15) is 21.6 Å². The first kappa shape index (κ1) is 17.9. The van der Waals surface area contributed by atoms with Gasteiger partial charge in [-0.3, -0.25) is 4.79 Å². The lowest BCUT2D eigenvalue weighted by molar-refractivity contribution is 0.0946. The topological polar surface area (TPSA) is 52.5 Å². The summed E-state index contributed by atoms with van der Waals surface area (Å²) in [5.41, 5.74) is 3.86. The smallest absolute Gasteiger partial charge is 0.268 e. The van der Waals surface area contributed by atoms with Crippen LogP contribution in [-0.2, 0) is 13.5 Å². The normalized spacial score (nSPS) is 10.8. The fourth-order valence-electron chi connectivity index (χ4n) is 3.35. The number of aryl methyl sites for hydroxylation is 2. The number of hydrogen-bond donors (Lipinski definition) is 1. The molecule has 0 spiro atoms. The summed E-state index contributed by atoms with van der Waals surface area (Å²) >= 11 is 0. The molecule has 0 fully saturated rings. The number of hydrogen-bond acceptors (Lipinski definition) is 3. The lowest BCUT2D eigenvalue weighted by Gasteiger charge is -2.11. The number of benzene rings is 2. The van der Waals surface area contributed by atoms with E-state index in [0.29, 0.717) is 23.7 Å². The minimum atomic E-state index is -0.0540. The highest BCUT2D eigenvalue weighted by molar-refractivity contribution is 6.01.